The molecular weight excluding hydrogens is 310 g/mol. The molecule has 1 aliphatic carbocycles. The van der Waals surface area contributed by atoms with Gasteiger partial charge >= 0.3 is 0 Å². The molecule has 0 saturated heterocycles. The van der Waals surface area contributed by atoms with Crippen LogP contribution in [-0.2, 0) is 0 Å². The number of oxime groups is 1. The summed E-state index contributed by atoms with van der Waals surface area (Å²) in [6.45, 7) is 1.56. The van der Waals surface area contributed by atoms with Crippen LogP contribution in [0.25, 0.3) is 0 Å². The summed E-state index contributed by atoms with van der Waals surface area (Å²) in [5.41, 5.74) is 6.17. The molecule has 1 saturated carbocycles. The molecule has 0 amide bonds. The van der Waals surface area contributed by atoms with Gasteiger partial charge in [-0.05, 0) is 54.0 Å². The second-order valence-electron chi connectivity index (χ2n) is 4.69. The average molecular weight is 328 g/mol. The van der Waals surface area contributed by atoms with Crippen molar-refractivity contribution in [2.75, 3.05) is 20.2 Å². The number of amidine groups is 1. The van der Waals surface area contributed by atoms with E-state index in [0.29, 0.717) is 12.2 Å². The molecule has 1 aromatic rings. The van der Waals surface area contributed by atoms with E-state index in [0.717, 1.165) is 22.8 Å². The molecule has 5 nitrogen and oxygen atoms in total. The molecule has 0 atom stereocenters. The van der Waals surface area contributed by atoms with Crippen LogP contribution in [0.4, 0.5) is 0 Å². The van der Waals surface area contributed by atoms with Crippen molar-refractivity contribution >= 4 is 21.8 Å². The fraction of sp³-hybridized carbons (Fsp3) is 0.462. The van der Waals surface area contributed by atoms with Crippen LogP contribution in [0.2, 0.25) is 0 Å². The Labute approximate surface area is 121 Å². The Balaban J connectivity index is 1.89. The summed E-state index contributed by atoms with van der Waals surface area (Å²) in [6, 6.07) is 6.10. The third-order valence-electron chi connectivity index (χ3n) is 3.21. The Kier molecular flexibility index (Phi) is 4.66. The van der Waals surface area contributed by atoms with Crippen molar-refractivity contribution in [3.05, 3.63) is 28.2 Å². The number of hydrogen-bond acceptors (Lipinski definition) is 4. The van der Waals surface area contributed by atoms with E-state index in [4.69, 9.17) is 15.7 Å². The van der Waals surface area contributed by atoms with Gasteiger partial charge in [-0.2, -0.15) is 0 Å². The van der Waals surface area contributed by atoms with E-state index < -0.39 is 0 Å². The third-order valence-corrected chi connectivity index (χ3v) is 3.83. The van der Waals surface area contributed by atoms with Crippen molar-refractivity contribution in [1.29, 1.82) is 0 Å². The predicted molar refractivity (Wildman–Crippen MR) is 77.8 cm³/mol. The number of hydrogen-bond donors (Lipinski definition) is 2. The summed E-state index contributed by atoms with van der Waals surface area (Å²) in [6.07, 6.45) is 2.60. The van der Waals surface area contributed by atoms with Crippen LogP contribution in [0, 0.1) is 0 Å². The number of rotatable bonds is 6. The SMILES string of the molecule is CN(CCOc1ccc(/C(N)=N/O)cc1Br)C1CC1. The minimum atomic E-state index is 0.0840. The lowest BCUT2D eigenvalue weighted by Gasteiger charge is -2.16. The molecule has 1 fully saturated rings. The molecule has 1 aliphatic rings. The summed E-state index contributed by atoms with van der Waals surface area (Å²) in [5, 5.41) is 11.6. The molecule has 6 heteroatoms. The zero-order chi connectivity index (χ0) is 13.8. The first-order valence-corrected chi connectivity index (χ1v) is 7.01. The quantitative estimate of drug-likeness (QED) is 0.363. The van der Waals surface area contributed by atoms with Crippen LogP contribution in [0.1, 0.15) is 18.4 Å². The summed E-state index contributed by atoms with van der Waals surface area (Å²) in [5.74, 6) is 0.847. The van der Waals surface area contributed by atoms with Gasteiger partial charge in [0.1, 0.15) is 12.4 Å². The number of ether oxygens (including phenoxy) is 1. The second kappa shape index (κ2) is 6.25. The Morgan fingerprint density at radius 1 is 1.58 bits per heavy atom. The highest BCUT2D eigenvalue weighted by atomic mass is 79.9. The van der Waals surface area contributed by atoms with Gasteiger partial charge in [0, 0.05) is 18.2 Å². The Bertz CT molecular complexity index is 475. The van der Waals surface area contributed by atoms with E-state index in [1.807, 2.05) is 6.07 Å². The van der Waals surface area contributed by atoms with Crippen LogP contribution < -0.4 is 10.5 Å². The van der Waals surface area contributed by atoms with Crippen molar-refractivity contribution < 1.29 is 9.94 Å². The van der Waals surface area contributed by atoms with Crippen LogP contribution in [-0.4, -0.2) is 42.2 Å². The molecular formula is C13H18BrN3O2. The third kappa shape index (κ3) is 3.84. The minimum absolute atomic E-state index is 0.0840. The maximum atomic E-state index is 8.62. The predicted octanol–water partition coefficient (Wildman–Crippen LogP) is 2.02. The molecule has 104 valence electrons. The van der Waals surface area contributed by atoms with E-state index in [1.165, 1.54) is 12.8 Å². The molecule has 0 aromatic heterocycles. The summed E-state index contributed by atoms with van der Waals surface area (Å²) < 4.78 is 6.52. The molecule has 19 heavy (non-hydrogen) atoms. The summed E-state index contributed by atoms with van der Waals surface area (Å²) >= 11 is 3.42. The number of nitrogens with zero attached hydrogens (tertiary/aromatic N) is 2. The molecule has 2 rings (SSSR count). The van der Waals surface area contributed by atoms with E-state index in [2.05, 4.69) is 33.0 Å². The maximum Gasteiger partial charge on any atom is 0.170 e. The lowest BCUT2D eigenvalue weighted by Crippen LogP contribution is -2.26. The van der Waals surface area contributed by atoms with Crippen LogP contribution in [0.5, 0.6) is 5.75 Å². The van der Waals surface area contributed by atoms with Gasteiger partial charge in [0.15, 0.2) is 5.84 Å². The van der Waals surface area contributed by atoms with Gasteiger partial charge in [0.2, 0.25) is 0 Å². The first kappa shape index (κ1) is 14.1. The smallest absolute Gasteiger partial charge is 0.170 e. The van der Waals surface area contributed by atoms with Crippen LogP contribution in [0.15, 0.2) is 27.8 Å². The Morgan fingerprint density at radius 3 is 2.89 bits per heavy atom. The number of likely N-dealkylation sites (N-methyl/N-ethyl adjacent to an activating group) is 1. The highest BCUT2D eigenvalue weighted by Gasteiger charge is 2.25. The Hall–Kier alpha value is -1.27. The molecule has 0 radical (unpaired) electrons. The molecule has 3 N–H and O–H groups in total. The second-order valence-corrected chi connectivity index (χ2v) is 5.55. The van der Waals surface area contributed by atoms with Crippen molar-refractivity contribution in [3.63, 3.8) is 0 Å². The van der Waals surface area contributed by atoms with Gasteiger partial charge in [-0.1, -0.05) is 5.16 Å². The number of benzene rings is 1. The first-order chi connectivity index (χ1) is 9.11. The van der Waals surface area contributed by atoms with Gasteiger partial charge in [0.25, 0.3) is 0 Å². The van der Waals surface area contributed by atoms with Gasteiger partial charge in [-0.3, -0.25) is 0 Å². The topological polar surface area (TPSA) is 71.1 Å². The summed E-state index contributed by atoms with van der Waals surface area (Å²) in [4.78, 5) is 2.32. The van der Waals surface area contributed by atoms with Gasteiger partial charge in [-0.15, -0.1) is 0 Å². The molecule has 0 heterocycles. The summed E-state index contributed by atoms with van der Waals surface area (Å²) in [7, 11) is 2.12. The normalized spacial score (nSPS) is 15.8. The largest absolute Gasteiger partial charge is 0.491 e. The van der Waals surface area contributed by atoms with Crippen molar-refractivity contribution in [2.24, 2.45) is 10.9 Å². The fourth-order valence-corrected chi connectivity index (χ4v) is 2.33. The number of halogens is 1. The molecule has 0 spiro atoms. The molecule has 0 aliphatic heterocycles. The highest BCUT2D eigenvalue weighted by Crippen LogP contribution is 2.27. The monoisotopic (exact) mass is 327 g/mol. The maximum absolute atomic E-state index is 8.62. The van der Waals surface area contributed by atoms with Crippen LogP contribution >= 0.6 is 15.9 Å². The van der Waals surface area contributed by atoms with Crippen molar-refractivity contribution in [3.8, 4) is 5.75 Å². The minimum Gasteiger partial charge on any atom is -0.491 e. The van der Waals surface area contributed by atoms with Gasteiger partial charge < -0.3 is 20.6 Å². The zero-order valence-electron chi connectivity index (χ0n) is 10.8. The fourth-order valence-electron chi connectivity index (χ4n) is 1.83. The first-order valence-electron chi connectivity index (χ1n) is 6.22. The average Bonchev–Trinajstić information content (AvgIpc) is 3.23. The standard InChI is InChI=1S/C13H18BrN3O2/c1-17(10-3-4-10)6-7-19-12-5-2-9(8-11(12)14)13(15)16-18/h2,5,8,10,18H,3-4,6-7H2,1H3,(H2,15,16). The lowest BCUT2D eigenvalue weighted by molar-refractivity contribution is 0.231. The lowest BCUT2D eigenvalue weighted by atomic mass is 10.2. The van der Waals surface area contributed by atoms with Crippen molar-refractivity contribution in [1.82, 2.24) is 4.90 Å². The van der Waals surface area contributed by atoms with Crippen LogP contribution in [0.3, 0.4) is 0 Å². The van der Waals surface area contributed by atoms with Gasteiger partial charge in [0.05, 0.1) is 4.47 Å². The van der Waals surface area contributed by atoms with Crippen molar-refractivity contribution in [2.45, 2.75) is 18.9 Å². The van der Waals surface area contributed by atoms with E-state index in [9.17, 15) is 0 Å². The molecule has 1 aromatic carbocycles. The van der Waals surface area contributed by atoms with Gasteiger partial charge in [-0.25, -0.2) is 0 Å². The number of nitrogens with two attached hydrogens (primary N) is 1. The van der Waals surface area contributed by atoms with E-state index in [-0.39, 0.29) is 5.84 Å². The highest BCUT2D eigenvalue weighted by molar-refractivity contribution is 9.10. The van der Waals surface area contributed by atoms with E-state index in [1.54, 1.807) is 12.1 Å². The van der Waals surface area contributed by atoms with E-state index >= 15 is 0 Å². The molecule has 0 bridgehead atoms. The molecule has 0 unspecified atom stereocenters. The Morgan fingerprint density at radius 2 is 2.32 bits per heavy atom. The zero-order valence-corrected chi connectivity index (χ0v) is 12.4.